The molecule has 0 saturated heterocycles. The van der Waals surface area contributed by atoms with Crippen molar-refractivity contribution in [1.29, 1.82) is 0 Å². The molecular weight excluding hydrogens is 210 g/mol. The predicted molar refractivity (Wildman–Crippen MR) is 56.6 cm³/mol. The summed E-state index contributed by atoms with van der Waals surface area (Å²) in [7, 11) is 3.34. The molecule has 0 bridgehead atoms. The first kappa shape index (κ1) is 12.6. The van der Waals surface area contributed by atoms with Gasteiger partial charge in [0.05, 0.1) is 13.7 Å². The van der Waals surface area contributed by atoms with E-state index in [1.54, 1.807) is 6.92 Å². The van der Waals surface area contributed by atoms with Crippen molar-refractivity contribution in [2.45, 2.75) is 26.3 Å². The highest BCUT2D eigenvalue weighted by Gasteiger charge is 2.07. The molecule has 1 heterocycles. The van der Waals surface area contributed by atoms with Crippen LogP contribution in [0.25, 0.3) is 0 Å². The van der Waals surface area contributed by atoms with Crippen molar-refractivity contribution >= 4 is 5.97 Å². The second-order valence-electron chi connectivity index (χ2n) is 3.65. The Morgan fingerprint density at radius 3 is 2.88 bits per heavy atom. The van der Waals surface area contributed by atoms with Gasteiger partial charge in [-0.25, -0.2) is 0 Å². The second-order valence-corrected chi connectivity index (χ2v) is 3.65. The fourth-order valence-electron chi connectivity index (χ4n) is 1.31. The van der Waals surface area contributed by atoms with Crippen molar-refractivity contribution in [2.75, 3.05) is 20.7 Å². The Hall–Kier alpha value is -1.43. The molecule has 1 rings (SSSR count). The number of esters is 1. The van der Waals surface area contributed by atoms with Crippen LogP contribution in [0.5, 0.6) is 0 Å². The largest absolute Gasteiger partial charge is 0.469 e. The van der Waals surface area contributed by atoms with Crippen LogP contribution in [0, 0.1) is 6.92 Å². The summed E-state index contributed by atoms with van der Waals surface area (Å²) in [4.78, 5) is 17.0. The van der Waals surface area contributed by atoms with Gasteiger partial charge in [0.2, 0.25) is 5.89 Å². The molecule has 0 spiro atoms. The number of hydrogen-bond acceptors (Lipinski definition) is 6. The first-order valence-corrected chi connectivity index (χ1v) is 5.16. The third-order valence-electron chi connectivity index (χ3n) is 2.12. The molecule has 1 aromatic rings. The van der Waals surface area contributed by atoms with E-state index in [9.17, 15) is 4.79 Å². The zero-order valence-electron chi connectivity index (χ0n) is 9.89. The Morgan fingerprint density at radius 1 is 1.56 bits per heavy atom. The average Bonchev–Trinajstić information content (AvgIpc) is 2.63. The van der Waals surface area contributed by atoms with Crippen LogP contribution in [0.2, 0.25) is 0 Å². The van der Waals surface area contributed by atoms with E-state index in [2.05, 4.69) is 14.9 Å². The van der Waals surface area contributed by atoms with Gasteiger partial charge in [0.25, 0.3) is 0 Å². The van der Waals surface area contributed by atoms with Crippen molar-refractivity contribution in [1.82, 2.24) is 15.0 Å². The fourth-order valence-corrected chi connectivity index (χ4v) is 1.31. The summed E-state index contributed by atoms with van der Waals surface area (Å²) in [5, 5.41) is 3.70. The molecule has 0 aliphatic heterocycles. The topological polar surface area (TPSA) is 68.5 Å². The van der Waals surface area contributed by atoms with E-state index in [4.69, 9.17) is 4.52 Å². The van der Waals surface area contributed by atoms with Gasteiger partial charge in [-0.1, -0.05) is 5.16 Å². The number of hydrogen-bond donors (Lipinski definition) is 0. The molecule has 0 aromatic carbocycles. The standard InChI is InChI=1S/C10H17N3O3/c1-8-11-9(16-12-8)7-13(2)6-4-5-10(14)15-3/h4-7H2,1-3H3. The molecule has 0 saturated carbocycles. The minimum absolute atomic E-state index is 0.179. The minimum Gasteiger partial charge on any atom is -0.469 e. The van der Waals surface area contributed by atoms with Crippen LogP contribution in [-0.4, -0.2) is 41.7 Å². The van der Waals surface area contributed by atoms with Gasteiger partial charge in [-0.3, -0.25) is 9.69 Å². The minimum atomic E-state index is -0.179. The van der Waals surface area contributed by atoms with Crippen LogP contribution in [0.1, 0.15) is 24.6 Å². The SMILES string of the molecule is COC(=O)CCCN(C)Cc1nc(C)no1. The molecule has 0 N–H and O–H groups in total. The van der Waals surface area contributed by atoms with Gasteiger partial charge < -0.3 is 9.26 Å². The van der Waals surface area contributed by atoms with Crippen molar-refractivity contribution in [3.63, 3.8) is 0 Å². The first-order valence-electron chi connectivity index (χ1n) is 5.16. The van der Waals surface area contributed by atoms with Crippen LogP contribution < -0.4 is 0 Å². The van der Waals surface area contributed by atoms with Gasteiger partial charge >= 0.3 is 5.97 Å². The lowest BCUT2D eigenvalue weighted by atomic mass is 10.3. The first-order chi connectivity index (χ1) is 7.61. The summed E-state index contributed by atoms with van der Waals surface area (Å²) in [6.45, 7) is 3.17. The summed E-state index contributed by atoms with van der Waals surface area (Å²) in [6, 6.07) is 0. The molecule has 0 amide bonds. The molecule has 0 atom stereocenters. The normalized spacial score (nSPS) is 10.8. The number of ether oxygens (including phenoxy) is 1. The van der Waals surface area contributed by atoms with E-state index in [-0.39, 0.29) is 5.97 Å². The van der Waals surface area contributed by atoms with Crippen molar-refractivity contribution in [3.8, 4) is 0 Å². The highest BCUT2D eigenvalue weighted by molar-refractivity contribution is 5.69. The Kier molecular flexibility index (Phi) is 4.91. The Labute approximate surface area is 94.6 Å². The van der Waals surface area contributed by atoms with Gasteiger partial charge in [0.1, 0.15) is 0 Å². The maximum absolute atomic E-state index is 10.9. The van der Waals surface area contributed by atoms with Crippen LogP contribution in [0.3, 0.4) is 0 Å². The summed E-state index contributed by atoms with van der Waals surface area (Å²) in [6.07, 6.45) is 1.19. The smallest absolute Gasteiger partial charge is 0.305 e. The van der Waals surface area contributed by atoms with Crippen LogP contribution in [-0.2, 0) is 16.1 Å². The fraction of sp³-hybridized carbons (Fsp3) is 0.700. The lowest BCUT2D eigenvalue weighted by Crippen LogP contribution is -2.20. The summed E-state index contributed by atoms with van der Waals surface area (Å²) in [5.74, 6) is 1.05. The van der Waals surface area contributed by atoms with Gasteiger partial charge in [-0.15, -0.1) is 0 Å². The van der Waals surface area contributed by atoms with Crippen LogP contribution in [0.15, 0.2) is 4.52 Å². The molecule has 6 heteroatoms. The van der Waals surface area contributed by atoms with Crippen LogP contribution in [0.4, 0.5) is 0 Å². The molecule has 6 nitrogen and oxygen atoms in total. The van der Waals surface area contributed by atoms with Crippen LogP contribution >= 0.6 is 0 Å². The maximum Gasteiger partial charge on any atom is 0.305 e. The van der Waals surface area contributed by atoms with E-state index in [0.29, 0.717) is 24.7 Å². The van der Waals surface area contributed by atoms with Gasteiger partial charge in [-0.2, -0.15) is 4.98 Å². The molecule has 0 unspecified atom stereocenters. The molecule has 90 valence electrons. The monoisotopic (exact) mass is 227 g/mol. The van der Waals surface area contributed by atoms with E-state index < -0.39 is 0 Å². The third kappa shape index (κ3) is 4.39. The Morgan fingerprint density at radius 2 is 2.31 bits per heavy atom. The van der Waals surface area contributed by atoms with Crippen molar-refractivity contribution in [3.05, 3.63) is 11.7 Å². The average molecular weight is 227 g/mol. The molecular formula is C10H17N3O3. The summed E-state index contributed by atoms with van der Waals surface area (Å²) in [5.41, 5.74) is 0. The Balaban J connectivity index is 2.20. The third-order valence-corrected chi connectivity index (χ3v) is 2.12. The number of methoxy groups -OCH3 is 1. The van der Waals surface area contributed by atoms with Crippen molar-refractivity contribution < 1.29 is 14.1 Å². The van der Waals surface area contributed by atoms with Gasteiger partial charge in [-0.05, 0) is 26.9 Å². The lowest BCUT2D eigenvalue weighted by Gasteiger charge is -2.12. The number of aryl methyl sites for hydroxylation is 1. The molecule has 16 heavy (non-hydrogen) atoms. The highest BCUT2D eigenvalue weighted by atomic mass is 16.5. The highest BCUT2D eigenvalue weighted by Crippen LogP contribution is 2.02. The zero-order valence-corrected chi connectivity index (χ0v) is 9.89. The Bertz CT molecular complexity index is 338. The molecule has 0 aliphatic rings. The predicted octanol–water partition coefficient (Wildman–Crippen LogP) is 0.763. The van der Waals surface area contributed by atoms with Gasteiger partial charge in [0.15, 0.2) is 5.82 Å². The van der Waals surface area contributed by atoms with E-state index in [0.717, 1.165) is 13.0 Å². The second kappa shape index (κ2) is 6.22. The number of carbonyl (C=O) groups excluding carboxylic acids is 1. The lowest BCUT2D eigenvalue weighted by molar-refractivity contribution is -0.140. The molecule has 0 aliphatic carbocycles. The number of aromatic nitrogens is 2. The molecule has 0 fully saturated rings. The van der Waals surface area contributed by atoms with Gasteiger partial charge in [0, 0.05) is 6.42 Å². The summed E-state index contributed by atoms with van der Waals surface area (Å²) >= 11 is 0. The molecule has 0 radical (unpaired) electrons. The number of carbonyl (C=O) groups is 1. The van der Waals surface area contributed by atoms with E-state index >= 15 is 0 Å². The zero-order chi connectivity index (χ0) is 12.0. The van der Waals surface area contributed by atoms with Crippen molar-refractivity contribution in [2.24, 2.45) is 0 Å². The molecule has 1 aromatic heterocycles. The number of rotatable bonds is 6. The maximum atomic E-state index is 10.9. The quantitative estimate of drug-likeness (QED) is 0.668. The van der Waals surface area contributed by atoms with E-state index in [1.807, 2.05) is 11.9 Å². The van der Waals surface area contributed by atoms with E-state index in [1.165, 1.54) is 7.11 Å². The summed E-state index contributed by atoms with van der Waals surface area (Å²) < 4.78 is 9.54. The number of nitrogens with zero attached hydrogens (tertiary/aromatic N) is 3.